The number of halogens is 1. The molecule has 0 aliphatic heterocycles. The molecule has 2 rings (SSSR count). The van der Waals surface area contributed by atoms with Gasteiger partial charge in [-0.3, -0.25) is 0 Å². The maximum Gasteiger partial charge on any atom is 0.135 e. The molecule has 0 spiro atoms. The first-order chi connectivity index (χ1) is 7.65. The molecule has 1 heterocycles. The average Bonchev–Trinajstić information content (AvgIpc) is 2.56. The Balaban J connectivity index is 2.52. The minimum absolute atomic E-state index is 0.102. The summed E-state index contributed by atoms with van der Waals surface area (Å²) in [7, 11) is 1.94. The molecular weight excluding hydrogens is 205 g/mol. The van der Waals surface area contributed by atoms with E-state index in [4.69, 9.17) is 5.11 Å². The first-order valence-electron chi connectivity index (χ1n) is 5.49. The van der Waals surface area contributed by atoms with E-state index < -0.39 is 0 Å². The van der Waals surface area contributed by atoms with Gasteiger partial charge < -0.3 is 9.67 Å². The van der Waals surface area contributed by atoms with Crippen LogP contribution in [0.4, 0.5) is 4.39 Å². The van der Waals surface area contributed by atoms with Crippen molar-refractivity contribution in [3.63, 3.8) is 0 Å². The highest BCUT2D eigenvalue weighted by Crippen LogP contribution is 2.24. The Kier molecular flexibility index (Phi) is 2.97. The predicted molar refractivity (Wildman–Crippen MR) is 63.0 cm³/mol. The molecular formula is C13H16FNO. The van der Waals surface area contributed by atoms with Gasteiger partial charge in [-0.05, 0) is 37.5 Å². The average molecular weight is 221 g/mol. The Bertz CT molecular complexity index is 516. The van der Waals surface area contributed by atoms with Crippen LogP contribution in [0.25, 0.3) is 10.9 Å². The second kappa shape index (κ2) is 4.26. The van der Waals surface area contributed by atoms with Gasteiger partial charge in [0.25, 0.3) is 0 Å². The van der Waals surface area contributed by atoms with Gasteiger partial charge in [0.05, 0.1) is 5.52 Å². The summed E-state index contributed by atoms with van der Waals surface area (Å²) in [4.78, 5) is 0. The number of nitrogens with zero attached hydrogens (tertiary/aromatic N) is 1. The van der Waals surface area contributed by atoms with Gasteiger partial charge in [0.1, 0.15) is 5.82 Å². The fourth-order valence-electron chi connectivity index (χ4n) is 2.02. The number of aryl methyl sites for hydroxylation is 3. The number of aromatic nitrogens is 1. The lowest BCUT2D eigenvalue weighted by atomic mass is 10.1. The number of fused-ring (bicyclic) bond motifs is 1. The van der Waals surface area contributed by atoms with Gasteiger partial charge in [-0.15, -0.1) is 0 Å². The smallest absolute Gasteiger partial charge is 0.135 e. The summed E-state index contributed by atoms with van der Waals surface area (Å²) in [5.74, 6) is -0.144. The van der Waals surface area contributed by atoms with Crippen LogP contribution < -0.4 is 0 Å². The van der Waals surface area contributed by atoms with Crippen LogP contribution >= 0.6 is 0 Å². The van der Waals surface area contributed by atoms with Crippen LogP contribution in [0.15, 0.2) is 18.2 Å². The lowest BCUT2D eigenvalue weighted by Crippen LogP contribution is -1.95. The van der Waals surface area contributed by atoms with Gasteiger partial charge in [-0.25, -0.2) is 4.39 Å². The molecule has 2 aromatic rings. The fourth-order valence-corrected chi connectivity index (χ4v) is 2.02. The monoisotopic (exact) mass is 221 g/mol. The molecule has 0 aliphatic carbocycles. The SMILES string of the molecule is Cc1cc2c(F)c(CCCO)ccc2n1C. The van der Waals surface area contributed by atoms with Crippen molar-refractivity contribution in [1.82, 2.24) is 4.57 Å². The molecule has 0 amide bonds. The van der Waals surface area contributed by atoms with E-state index >= 15 is 0 Å². The molecule has 0 saturated heterocycles. The Morgan fingerprint density at radius 2 is 2.12 bits per heavy atom. The first-order valence-corrected chi connectivity index (χ1v) is 5.49. The Morgan fingerprint density at radius 3 is 2.81 bits per heavy atom. The molecule has 16 heavy (non-hydrogen) atoms. The van der Waals surface area contributed by atoms with Crippen LogP contribution in [-0.4, -0.2) is 16.3 Å². The largest absolute Gasteiger partial charge is 0.396 e. The van der Waals surface area contributed by atoms with Crippen LogP contribution in [0.5, 0.6) is 0 Å². The van der Waals surface area contributed by atoms with Crippen molar-refractivity contribution in [3.05, 3.63) is 35.3 Å². The zero-order valence-electron chi connectivity index (χ0n) is 9.63. The number of hydrogen-bond acceptors (Lipinski definition) is 1. The Morgan fingerprint density at radius 1 is 1.38 bits per heavy atom. The summed E-state index contributed by atoms with van der Waals surface area (Å²) < 4.78 is 16.1. The van der Waals surface area contributed by atoms with Crippen LogP contribution in [0, 0.1) is 12.7 Å². The summed E-state index contributed by atoms with van der Waals surface area (Å²) in [5.41, 5.74) is 2.66. The molecule has 0 saturated carbocycles. The van der Waals surface area contributed by atoms with E-state index in [0.717, 1.165) is 11.2 Å². The molecule has 0 fully saturated rings. The summed E-state index contributed by atoms with van der Waals surface area (Å²) in [6.07, 6.45) is 1.19. The van der Waals surface area contributed by atoms with Crippen molar-refractivity contribution in [3.8, 4) is 0 Å². The third kappa shape index (κ3) is 1.71. The number of benzene rings is 1. The van der Waals surface area contributed by atoms with Gasteiger partial charge in [-0.1, -0.05) is 6.07 Å². The van der Waals surface area contributed by atoms with Crippen molar-refractivity contribution >= 4 is 10.9 Å². The third-order valence-electron chi connectivity index (χ3n) is 3.08. The minimum Gasteiger partial charge on any atom is -0.396 e. The van der Waals surface area contributed by atoms with E-state index in [1.165, 1.54) is 0 Å². The van der Waals surface area contributed by atoms with Crippen molar-refractivity contribution < 1.29 is 9.50 Å². The molecule has 86 valence electrons. The van der Waals surface area contributed by atoms with Gasteiger partial charge in [0.2, 0.25) is 0 Å². The van der Waals surface area contributed by atoms with E-state index in [-0.39, 0.29) is 12.4 Å². The van der Waals surface area contributed by atoms with Crippen molar-refractivity contribution in [2.24, 2.45) is 7.05 Å². The zero-order chi connectivity index (χ0) is 11.7. The fraction of sp³-hybridized carbons (Fsp3) is 0.385. The minimum atomic E-state index is -0.144. The number of rotatable bonds is 3. The molecule has 2 nitrogen and oxygen atoms in total. The summed E-state index contributed by atoms with van der Waals surface area (Å²) in [6.45, 7) is 2.07. The third-order valence-corrected chi connectivity index (χ3v) is 3.08. The quantitative estimate of drug-likeness (QED) is 0.846. The Labute approximate surface area is 94.3 Å². The highest BCUT2D eigenvalue weighted by atomic mass is 19.1. The molecule has 0 unspecified atom stereocenters. The van der Waals surface area contributed by atoms with Crippen molar-refractivity contribution in [1.29, 1.82) is 0 Å². The van der Waals surface area contributed by atoms with Crippen LogP contribution in [0.1, 0.15) is 17.7 Å². The topological polar surface area (TPSA) is 25.2 Å². The van der Waals surface area contributed by atoms with Gasteiger partial charge in [0, 0.05) is 24.7 Å². The number of aliphatic hydroxyl groups is 1. The molecule has 1 N–H and O–H groups in total. The van der Waals surface area contributed by atoms with E-state index in [0.29, 0.717) is 23.8 Å². The first kappa shape index (κ1) is 11.1. The summed E-state index contributed by atoms with van der Waals surface area (Å²) in [6, 6.07) is 5.62. The van der Waals surface area contributed by atoms with E-state index in [1.807, 2.05) is 36.7 Å². The van der Waals surface area contributed by atoms with Gasteiger partial charge in [-0.2, -0.15) is 0 Å². The van der Waals surface area contributed by atoms with Crippen molar-refractivity contribution in [2.45, 2.75) is 19.8 Å². The number of hydrogen-bond donors (Lipinski definition) is 1. The summed E-state index contributed by atoms with van der Waals surface area (Å²) in [5, 5.41) is 9.43. The van der Waals surface area contributed by atoms with E-state index in [2.05, 4.69) is 0 Å². The highest BCUT2D eigenvalue weighted by molar-refractivity contribution is 5.82. The lowest BCUT2D eigenvalue weighted by Gasteiger charge is -2.04. The Hall–Kier alpha value is -1.35. The second-order valence-corrected chi connectivity index (χ2v) is 4.14. The van der Waals surface area contributed by atoms with Gasteiger partial charge in [0.15, 0.2) is 0 Å². The van der Waals surface area contributed by atoms with Crippen LogP contribution in [0.3, 0.4) is 0 Å². The molecule has 0 aliphatic rings. The maximum atomic E-state index is 14.1. The molecule has 1 aromatic heterocycles. The van der Waals surface area contributed by atoms with E-state index in [1.54, 1.807) is 0 Å². The van der Waals surface area contributed by atoms with Crippen LogP contribution in [-0.2, 0) is 13.5 Å². The standard InChI is InChI=1S/C13H16FNO/c1-9-8-11-12(15(9)2)6-5-10(13(11)14)4-3-7-16/h5-6,8,16H,3-4,7H2,1-2H3. The maximum absolute atomic E-state index is 14.1. The predicted octanol–water partition coefficient (Wildman–Crippen LogP) is 2.55. The molecule has 3 heteroatoms. The molecule has 0 radical (unpaired) electrons. The van der Waals surface area contributed by atoms with Crippen LogP contribution in [0.2, 0.25) is 0 Å². The molecule has 0 bridgehead atoms. The molecule has 0 atom stereocenters. The summed E-state index contributed by atoms with van der Waals surface area (Å²) >= 11 is 0. The number of aliphatic hydroxyl groups excluding tert-OH is 1. The van der Waals surface area contributed by atoms with E-state index in [9.17, 15) is 4.39 Å². The highest BCUT2D eigenvalue weighted by Gasteiger charge is 2.10. The normalized spacial score (nSPS) is 11.2. The van der Waals surface area contributed by atoms with Gasteiger partial charge >= 0.3 is 0 Å². The molecule has 1 aromatic carbocycles. The van der Waals surface area contributed by atoms with Crippen molar-refractivity contribution in [2.75, 3.05) is 6.61 Å². The second-order valence-electron chi connectivity index (χ2n) is 4.14. The lowest BCUT2D eigenvalue weighted by molar-refractivity contribution is 0.288. The zero-order valence-corrected chi connectivity index (χ0v) is 9.63.